The van der Waals surface area contributed by atoms with E-state index >= 15 is 0 Å². The second kappa shape index (κ2) is 7.76. The maximum absolute atomic E-state index is 12.0. The normalized spacial score (nSPS) is 16.2. The highest BCUT2D eigenvalue weighted by atomic mass is 16.4. The van der Waals surface area contributed by atoms with E-state index in [0.29, 0.717) is 12.5 Å². The quantitative estimate of drug-likeness (QED) is 0.817. The second-order valence-corrected chi connectivity index (χ2v) is 5.62. The Bertz CT molecular complexity index is 494. The molecule has 2 rings (SSSR count). The van der Waals surface area contributed by atoms with E-state index in [1.165, 1.54) is 56.7 Å². The molecule has 1 aliphatic rings. The lowest BCUT2D eigenvalue weighted by Crippen LogP contribution is -2.27. The fraction of sp³-hybridized carbons (Fsp3) is 0.562. The van der Waals surface area contributed by atoms with Crippen LogP contribution in [0.1, 0.15) is 65.9 Å². The Kier molecular flexibility index (Phi) is 5.72. The Hall–Kier alpha value is -1.91. The largest absolute Gasteiger partial charge is 0.477 e. The Morgan fingerprint density at radius 1 is 1.14 bits per heavy atom. The van der Waals surface area contributed by atoms with Crippen LogP contribution < -0.4 is 5.32 Å². The summed E-state index contributed by atoms with van der Waals surface area (Å²) >= 11 is 0. The number of carboxylic acid groups (broad SMARTS) is 1. The molecule has 0 spiro atoms. The molecule has 0 bridgehead atoms. The number of hydrogen-bond donors (Lipinski definition) is 2. The summed E-state index contributed by atoms with van der Waals surface area (Å²) in [4.78, 5) is 26.6. The van der Waals surface area contributed by atoms with E-state index in [1.807, 2.05) is 0 Å². The van der Waals surface area contributed by atoms with Gasteiger partial charge in [-0.1, -0.05) is 44.6 Å². The van der Waals surface area contributed by atoms with Gasteiger partial charge in [0.15, 0.2) is 0 Å². The number of hydrogen-bond acceptors (Lipinski definition) is 3. The van der Waals surface area contributed by atoms with Gasteiger partial charge in [0.05, 0.1) is 0 Å². The molecule has 1 amide bonds. The molecule has 2 N–H and O–H groups in total. The Morgan fingerprint density at radius 3 is 2.48 bits per heavy atom. The summed E-state index contributed by atoms with van der Waals surface area (Å²) in [5.41, 5.74) is 0.0576. The van der Waals surface area contributed by atoms with Crippen LogP contribution in [0.4, 0.5) is 0 Å². The van der Waals surface area contributed by atoms with Crippen LogP contribution in [-0.2, 0) is 0 Å². The highest BCUT2D eigenvalue weighted by Crippen LogP contribution is 2.24. The lowest BCUT2D eigenvalue weighted by molar-refractivity contribution is 0.0690. The molecule has 114 valence electrons. The van der Waals surface area contributed by atoms with Gasteiger partial charge in [0, 0.05) is 6.54 Å². The molecule has 0 atom stereocenters. The minimum absolute atomic E-state index is 0.105. The van der Waals surface area contributed by atoms with Gasteiger partial charge < -0.3 is 10.4 Å². The van der Waals surface area contributed by atoms with Crippen molar-refractivity contribution < 1.29 is 14.7 Å². The zero-order chi connectivity index (χ0) is 15.1. The van der Waals surface area contributed by atoms with Crippen LogP contribution in [0.3, 0.4) is 0 Å². The van der Waals surface area contributed by atoms with Gasteiger partial charge in [0.1, 0.15) is 11.4 Å². The van der Waals surface area contributed by atoms with Crippen molar-refractivity contribution in [2.24, 2.45) is 5.92 Å². The van der Waals surface area contributed by atoms with Gasteiger partial charge in [0.2, 0.25) is 0 Å². The van der Waals surface area contributed by atoms with E-state index in [1.54, 1.807) is 0 Å². The van der Waals surface area contributed by atoms with Crippen molar-refractivity contribution in [1.82, 2.24) is 10.3 Å². The third-order valence-electron chi connectivity index (χ3n) is 4.01. The summed E-state index contributed by atoms with van der Waals surface area (Å²) in [6, 6.07) is 4.45. The predicted molar refractivity (Wildman–Crippen MR) is 79.3 cm³/mol. The van der Waals surface area contributed by atoms with Crippen LogP contribution in [0.25, 0.3) is 0 Å². The smallest absolute Gasteiger partial charge is 0.354 e. The molecule has 0 radical (unpaired) electrons. The number of aromatic nitrogens is 1. The fourth-order valence-electron chi connectivity index (χ4n) is 2.81. The maximum atomic E-state index is 12.0. The van der Waals surface area contributed by atoms with Crippen molar-refractivity contribution in [3.63, 3.8) is 0 Å². The molecule has 1 aromatic rings. The number of amides is 1. The number of carbonyl (C=O) groups excluding carboxylic acids is 1. The average Bonchev–Trinajstić information content (AvgIpc) is 2.76. The summed E-state index contributed by atoms with van der Waals surface area (Å²) in [6.45, 7) is 0.627. The lowest BCUT2D eigenvalue weighted by atomic mass is 9.97. The van der Waals surface area contributed by atoms with E-state index < -0.39 is 5.97 Å². The minimum Gasteiger partial charge on any atom is -0.477 e. The predicted octanol–water partition coefficient (Wildman–Crippen LogP) is 2.87. The molecular weight excluding hydrogens is 268 g/mol. The standard InChI is InChI=1S/C16H22N2O3/c19-15(13-8-5-9-14(18-13)16(20)21)17-11-10-12-6-3-1-2-4-7-12/h5,8-9,12H,1-4,6-7,10-11H2,(H,17,19)(H,20,21). The zero-order valence-electron chi connectivity index (χ0n) is 12.2. The van der Waals surface area contributed by atoms with Gasteiger partial charge in [-0.05, 0) is 24.5 Å². The lowest BCUT2D eigenvalue weighted by Gasteiger charge is -2.14. The van der Waals surface area contributed by atoms with Crippen LogP contribution in [0.2, 0.25) is 0 Å². The first-order valence-corrected chi connectivity index (χ1v) is 7.65. The van der Waals surface area contributed by atoms with Crippen molar-refractivity contribution in [2.45, 2.75) is 44.9 Å². The average molecular weight is 290 g/mol. The molecular formula is C16H22N2O3. The summed E-state index contributed by atoms with van der Waals surface area (Å²) in [7, 11) is 0. The van der Waals surface area contributed by atoms with Crippen LogP contribution in [-0.4, -0.2) is 28.5 Å². The van der Waals surface area contributed by atoms with E-state index in [9.17, 15) is 9.59 Å². The number of pyridine rings is 1. The summed E-state index contributed by atoms with van der Waals surface area (Å²) < 4.78 is 0. The van der Waals surface area contributed by atoms with Crippen molar-refractivity contribution in [2.75, 3.05) is 6.54 Å². The van der Waals surface area contributed by atoms with Gasteiger partial charge in [0.25, 0.3) is 5.91 Å². The molecule has 1 fully saturated rings. The number of nitrogens with zero attached hydrogens (tertiary/aromatic N) is 1. The molecule has 0 unspecified atom stereocenters. The van der Waals surface area contributed by atoms with Crippen molar-refractivity contribution in [1.29, 1.82) is 0 Å². The van der Waals surface area contributed by atoms with E-state index in [-0.39, 0.29) is 17.3 Å². The first-order valence-electron chi connectivity index (χ1n) is 7.65. The number of carboxylic acids is 1. The minimum atomic E-state index is -1.12. The molecule has 21 heavy (non-hydrogen) atoms. The molecule has 0 aromatic carbocycles. The number of aromatic carboxylic acids is 1. The molecule has 0 saturated heterocycles. The van der Waals surface area contributed by atoms with Crippen molar-refractivity contribution in [3.05, 3.63) is 29.6 Å². The molecule has 1 heterocycles. The van der Waals surface area contributed by atoms with E-state index in [4.69, 9.17) is 5.11 Å². The number of nitrogens with one attached hydrogen (secondary N) is 1. The topological polar surface area (TPSA) is 79.3 Å². The van der Waals surface area contributed by atoms with Crippen LogP contribution in [0.5, 0.6) is 0 Å². The van der Waals surface area contributed by atoms with E-state index in [0.717, 1.165) is 6.42 Å². The SMILES string of the molecule is O=C(O)c1cccc(C(=O)NCCC2CCCCCC2)n1. The fourth-order valence-corrected chi connectivity index (χ4v) is 2.81. The van der Waals surface area contributed by atoms with Crippen LogP contribution in [0, 0.1) is 5.92 Å². The molecule has 1 aliphatic carbocycles. The summed E-state index contributed by atoms with van der Waals surface area (Å²) in [6.07, 6.45) is 8.74. The Morgan fingerprint density at radius 2 is 1.81 bits per heavy atom. The number of rotatable bonds is 5. The third kappa shape index (κ3) is 4.85. The third-order valence-corrected chi connectivity index (χ3v) is 4.01. The van der Waals surface area contributed by atoms with Crippen LogP contribution in [0.15, 0.2) is 18.2 Å². The first-order chi connectivity index (χ1) is 10.2. The molecule has 5 nitrogen and oxygen atoms in total. The van der Waals surface area contributed by atoms with E-state index in [2.05, 4.69) is 10.3 Å². The highest BCUT2D eigenvalue weighted by Gasteiger charge is 2.14. The Labute approximate surface area is 124 Å². The van der Waals surface area contributed by atoms with Gasteiger partial charge in [-0.2, -0.15) is 0 Å². The zero-order valence-corrected chi connectivity index (χ0v) is 12.2. The monoisotopic (exact) mass is 290 g/mol. The summed E-state index contributed by atoms with van der Waals surface area (Å²) in [5, 5.41) is 11.7. The Balaban J connectivity index is 1.81. The molecule has 1 saturated carbocycles. The second-order valence-electron chi connectivity index (χ2n) is 5.62. The van der Waals surface area contributed by atoms with Gasteiger partial charge in [-0.3, -0.25) is 4.79 Å². The van der Waals surface area contributed by atoms with Crippen LogP contribution >= 0.6 is 0 Å². The molecule has 1 aromatic heterocycles. The van der Waals surface area contributed by atoms with Gasteiger partial charge in [-0.15, -0.1) is 0 Å². The van der Waals surface area contributed by atoms with Crippen molar-refractivity contribution in [3.8, 4) is 0 Å². The highest BCUT2D eigenvalue weighted by molar-refractivity contribution is 5.94. The summed E-state index contributed by atoms with van der Waals surface area (Å²) in [5.74, 6) is -0.721. The molecule has 0 aliphatic heterocycles. The number of carbonyl (C=O) groups is 2. The van der Waals surface area contributed by atoms with Crippen molar-refractivity contribution >= 4 is 11.9 Å². The van der Waals surface area contributed by atoms with Gasteiger partial charge >= 0.3 is 5.97 Å². The molecule has 5 heteroatoms. The van der Waals surface area contributed by atoms with Gasteiger partial charge in [-0.25, -0.2) is 9.78 Å². The first kappa shape index (κ1) is 15.5. The maximum Gasteiger partial charge on any atom is 0.354 e.